The van der Waals surface area contributed by atoms with Crippen molar-refractivity contribution >= 4 is 77.1 Å². The summed E-state index contributed by atoms with van der Waals surface area (Å²) in [6.45, 7) is 13.8. The molecule has 0 radical (unpaired) electrons. The van der Waals surface area contributed by atoms with E-state index in [9.17, 15) is 14.4 Å². The van der Waals surface area contributed by atoms with Crippen LogP contribution in [-0.4, -0.2) is 129 Å². The monoisotopic (exact) mass is 880 g/mol. The fourth-order valence-corrected chi connectivity index (χ4v) is 10.3. The maximum atomic E-state index is 13.0. The van der Waals surface area contributed by atoms with Gasteiger partial charge in [-0.2, -0.15) is 4.98 Å². The molecule has 3 aromatic carbocycles. The highest BCUT2D eigenvalue weighted by atomic mass is 35.5. The minimum absolute atomic E-state index is 0.230. The lowest BCUT2D eigenvalue weighted by molar-refractivity contribution is -0.134. The van der Waals surface area contributed by atoms with Crippen molar-refractivity contribution in [3.05, 3.63) is 83.5 Å². The highest BCUT2D eigenvalue weighted by Gasteiger charge is 2.31. The number of carbonyl (C=O) groups is 3. The van der Waals surface area contributed by atoms with Crippen molar-refractivity contribution in [2.24, 2.45) is 5.92 Å². The number of likely N-dealkylation sites (tertiary alicyclic amines) is 1. The summed E-state index contributed by atoms with van der Waals surface area (Å²) in [5, 5.41) is 13.6. The average molecular weight is 881 g/mol. The van der Waals surface area contributed by atoms with Gasteiger partial charge in [0.1, 0.15) is 16.8 Å². The summed E-state index contributed by atoms with van der Waals surface area (Å²) in [7, 11) is 1.38. The molecule has 14 nitrogen and oxygen atoms in total. The van der Waals surface area contributed by atoms with Crippen molar-refractivity contribution < 1.29 is 19.1 Å². The fourth-order valence-electron chi connectivity index (χ4n) is 9.18. The summed E-state index contributed by atoms with van der Waals surface area (Å²) in [4.78, 5) is 56.0. The number of benzene rings is 3. The predicted octanol–water partition coefficient (Wildman–Crippen LogP) is 6.03. The van der Waals surface area contributed by atoms with E-state index in [0.29, 0.717) is 40.7 Å². The second-order valence-corrected chi connectivity index (χ2v) is 19.6. The van der Waals surface area contributed by atoms with Gasteiger partial charge in [0.2, 0.25) is 17.8 Å². The number of rotatable bonds is 13. The van der Waals surface area contributed by atoms with Crippen LogP contribution in [0.1, 0.15) is 48.9 Å². The molecular weight excluding hydrogens is 823 g/mol. The quantitative estimate of drug-likeness (QED) is 0.0919. The molecule has 4 aromatic rings. The van der Waals surface area contributed by atoms with E-state index in [2.05, 4.69) is 89.5 Å². The minimum Gasteiger partial charge on any atom is -0.494 e. The molecule has 328 valence electrons. The van der Waals surface area contributed by atoms with Crippen LogP contribution in [0.2, 0.25) is 5.02 Å². The topological polar surface area (TPSA) is 147 Å². The van der Waals surface area contributed by atoms with E-state index in [1.54, 1.807) is 19.4 Å². The summed E-state index contributed by atoms with van der Waals surface area (Å²) >= 11 is 6.53. The summed E-state index contributed by atoms with van der Waals surface area (Å²) in [6.07, 6.45) is 6.82. The zero-order valence-electron chi connectivity index (χ0n) is 35.9. The van der Waals surface area contributed by atoms with Crippen LogP contribution in [0.15, 0.2) is 72.9 Å². The number of anilines is 6. The van der Waals surface area contributed by atoms with E-state index in [-0.39, 0.29) is 26.2 Å². The summed E-state index contributed by atoms with van der Waals surface area (Å²) in [5.41, 5.74) is 4.48. The Bertz CT molecular complexity index is 2220. The molecule has 4 aliphatic heterocycles. The first kappa shape index (κ1) is 43.6. The number of nitrogens with one attached hydrogen (secondary N) is 4. The van der Waals surface area contributed by atoms with Crippen LogP contribution in [0.25, 0.3) is 0 Å². The number of para-hydroxylation sites is 1. The van der Waals surface area contributed by atoms with Crippen LogP contribution in [-0.2, 0) is 9.59 Å². The van der Waals surface area contributed by atoms with Gasteiger partial charge in [0.25, 0.3) is 5.91 Å². The van der Waals surface area contributed by atoms with Crippen molar-refractivity contribution in [3.8, 4) is 5.75 Å². The first-order valence-electron chi connectivity index (χ1n) is 21.8. The molecule has 0 aliphatic carbocycles. The smallest absolute Gasteiger partial charge is 0.252 e. The molecular formula is C46H58ClN10O4P. The minimum atomic E-state index is -0.685. The van der Waals surface area contributed by atoms with Gasteiger partial charge < -0.3 is 35.4 Å². The number of imide groups is 1. The van der Waals surface area contributed by atoms with E-state index >= 15 is 0 Å². The molecule has 8 rings (SSSR count). The van der Waals surface area contributed by atoms with Gasteiger partial charge in [0, 0.05) is 87.0 Å². The van der Waals surface area contributed by atoms with E-state index in [0.717, 1.165) is 100 Å². The molecule has 5 heterocycles. The van der Waals surface area contributed by atoms with Crippen molar-refractivity contribution in [2.75, 3.05) is 99.8 Å². The fraction of sp³-hybridized carbons (Fsp3) is 0.457. The maximum absolute atomic E-state index is 13.0. The number of halogens is 1. The van der Waals surface area contributed by atoms with Gasteiger partial charge in [-0.3, -0.25) is 24.6 Å². The Balaban J connectivity index is 0.769. The second-order valence-electron chi connectivity index (χ2n) is 16.9. The Morgan fingerprint density at radius 2 is 1.58 bits per heavy atom. The largest absolute Gasteiger partial charge is 0.494 e. The first-order chi connectivity index (χ1) is 30.1. The summed E-state index contributed by atoms with van der Waals surface area (Å²) in [5.74, 6) is 1.34. The molecule has 0 spiro atoms. The van der Waals surface area contributed by atoms with Crippen LogP contribution in [0.4, 0.5) is 34.5 Å². The average Bonchev–Trinajstić information content (AvgIpc) is 3.29. The third-order valence-corrected chi connectivity index (χ3v) is 14.3. The van der Waals surface area contributed by atoms with Crippen LogP contribution in [0, 0.1) is 5.92 Å². The van der Waals surface area contributed by atoms with Crippen LogP contribution < -0.4 is 41.1 Å². The highest BCUT2D eigenvalue weighted by Crippen LogP contribution is 2.35. The zero-order valence-corrected chi connectivity index (χ0v) is 37.6. The van der Waals surface area contributed by atoms with Crippen molar-refractivity contribution in [3.63, 3.8) is 0 Å². The number of piperidine rings is 3. The third-order valence-electron chi connectivity index (χ3n) is 12.7. The molecule has 4 aliphatic rings. The van der Waals surface area contributed by atoms with Crippen LogP contribution in [0.5, 0.6) is 5.75 Å². The van der Waals surface area contributed by atoms with Crippen LogP contribution in [0.3, 0.4) is 0 Å². The molecule has 16 heteroatoms. The molecule has 0 saturated carbocycles. The van der Waals surface area contributed by atoms with Gasteiger partial charge in [-0.1, -0.05) is 43.8 Å². The third kappa shape index (κ3) is 10.6. The van der Waals surface area contributed by atoms with Gasteiger partial charge in [-0.05, 0) is 106 Å². The Kier molecular flexibility index (Phi) is 14.1. The van der Waals surface area contributed by atoms with Crippen molar-refractivity contribution in [2.45, 2.75) is 50.6 Å². The molecule has 3 amide bonds. The van der Waals surface area contributed by atoms with Crippen molar-refractivity contribution in [1.82, 2.24) is 30.4 Å². The molecule has 4 saturated heterocycles. The number of aromatic nitrogens is 2. The van der Waals surface area contributed by atoms with Crippen LogP contribution >= 0.6 is 19.5 Å². The number of hydrogen-bond acceptors (Lipinski definition) is 12. The molecule has 1 aromatic heterocycles. The second kappa shape index (κ2) is 20.0. The molecule has 62 heavy (non-hydrogen) atoms. The van der Waals surface area contributed by atoms with Gasteiger partial charge in [-0.25, -0.2) is 4.98 Å². The summed E-state index contributed by atoms with van der Waals surface area (Å²) in [6, 6.07) is 22.1. The lowest BCUT2D eigenvalue weighted by Crippen LogP contribution is -2.53. The predicted molar refractivity (Wildman–Crippen MR) is 250 cm³/mol. The Morgan fingerprint density at radius 1 is 0.839 bits per heavy atom. The SMILES string of the molecule is COc1cc(N2CCN(C3CCN(CC4CCN(c5cccc(C(=O)NC6CCC(=O)NC6=O)c5)CC4)CC3)CC2)ccc1Nc1ncc(Cl)c(Nc2ccccc2P(C)C)n1. The summed E-state index contributed by atoms with van der Waals surface area (Å²) < 4.78 is 5.85. The van der Waals surface area contributed by atoms with E-state index < -0.39 is 11.9 Å². The molecule has 4 fully saturated rings. The first-order valence-corrected chi connectivity index (χ1v) is 24.4. The maximum Gasteiger partial charge on any atom is 0.252 e. The standard InChI is InChI=1S/C46H58ClN10O4P/c1-61-40-28-35(11-12-37(40)51-46-48-29-36(47)43(53-46)49-38-9-4-5-10-41(38)62(2)3)57-25-23-56(24-26-57)33-17-19-54(20-18-33)30-31-15-21-55(22-16-31)34-8-6-7-32(27-34)44(59)50-39-13-14-42(58)52-45(39)60/h4-12,27-29,31,33,39H,13-26,30H2,1-3H3,(H,50,59)(H,52,58,60)(H2,48,49,51,53). The molecule has 1 unspecified atom stereocenters. The lowest BCUT2D eigenvalue weighted by Gasteiger charge is -2.44. The zero-order chi connectivity index (χ0) is 43.2. The Labute approximate surface area is 370 Å². The number of amides is 3. The number of carbonyl (C=O) groups excluding carboxylic acids is 3. The van der Waals surface area contributed by atoms with Gasteiger partial charge >= 0.3 is 0 Å². The number of ether oxygens (including phenoxy) is 1. The number of methoxy groups -OCH3 is 1. The number of piperazine rings is 1. The van der Waals surface area contributed by atoms with Gasteiger partial charge in [0.15, 0.2) is 5.82 Å². The number of hydrogen-bond donors (Lipinski definition) is 4. The van der Waals surface area contributed by atoms with Gasteiger partial charge in [-0.15, -0.1) is 0 Å². The highest BCUT2D eigenvalue weighted by molar-refractivity contribution is 7.64. The lowest BCUT2D eigenvalue weighted by atomic mass is 9.94. The van der Waals surface area contributed by atoms with Gasteiger partial charge in [0.05, 0.1) is 19.0 Å². The normalized spacial score (nSPS) is 19.7. The van der Waals surface area contributed by atoms with E-state index in [1.807, 2.05) is 30.3 Å². The van der Waals surface area contributed by atoms with E-state index in [1.165, 1.54) is 18.1 Å². The number of nitrogens with zero attached hydrogens (tertiary/aromatic N) is 6. The van der Waals surface area contributed by atoms with E-state index in [4.69, 9.17) is 21.3 Å². The molecule has 4 N–H and O–H groups in total. The Morgan fingerprint density at radius 3 is 2.32 bits per heavy atom. The Hall–Kier alpha value is -5.01. The van der Waals surface area contributed by atoms with Crippen molar-refractivity contribution in [1.29, 1.82) is 0 Å². The molecule has 0 bridgehead atoms. The molecule has 1 atom stereocenters.